The first kappa shape index (κ1) is 26.5. The molecule has 1 aliphatic carbocycles. The number of ether oxygens (including phenoxy) is 1. The highest BCUT2D eigenvalue weighted by Gasteiger charge is 2.15. The molecule has 0 unspecified atom stereocenters. The standard InChI is InChI=1S/C17H18N2O3.C13H15N/c1-12(20)14-8-9-16(22-2)15(10-14)19-17(21)18-11-13-6-4-3-5-7-13;14-10-11-6-8-13(9-7-11)12-4-2-1-3-5-12/h3-10H,11H2,1-2H3,(H2,18,19,21);6-9,12H,1-5H2. The summed E-state index contributed by atoms with van der Waals surface area (Å²) < 4.78 is 5.19. The fourth-order valence-electron chi connectivity index (χ4n) is 4.24. The van der Waals surface area contributed by atoms with Crippen LogP contribution in [0.25, 0.3) is 0 Å². The van der Waals surface area contributed by atoms with Gasteiger partial charge in [-0.05, 0) is 67.1 Å². The maximum absolute atomic E-state index is 12.0. The lowest BCUT2D eigenvalue weighted by Crippen LogP contribution is -2.28. The van der Waals surface area contributed by atoms with Crippen molar-refractivity contribution in [1.82, 2.24) is 5.32 Å². The first-order chi connectivity index (χ1) is 17.5. The molecule has 1 fully saturated rings. The Balaban J connectivity index is 0.000000221. The number of nitrogens with zero attached hydrogens (tertiary/aromatic N) is 1. The topological polar surface area (TPSA) is 91.2 Å². The first-order valence-corrected chi connectivity index (χ1v) is 12.3. The summed E-state index contributed by atoms with van der Waals surface area (Å²) >= 11 is 0. The van der Waals surface area contributed by atoms with Crippen molar-refractivity contribution in [3.05, 3.63) is 95.1 Å². The van der Waals surface area contributed by atoms with Crippen molar-refractivity contribution < 1.29 is 14.3 Å². The van der Waals surface area contributed by atoms with E-state index < -0.39 is 0 Å². The van der Waals surface area contributed by atoms with Gasteiger partial charge in [0.2, 0.25) is 0 Å². The van der Waals surface area contributed by atoms with Crippen molar-refractivity contribution in [3.63, 3.8) is 0 Å². The molecule has 2 N–H and O–H groups in total. The maximum atomic E-state index is 12.0. The van der Waals surface area contributed by atoms with Crippen LogP contribution in [0.5, 0.6) is 5.75 Å². The number of ketones is 1. The van der Waals surface area contributed by atoms with Gasteiger partial charge in [-0.3, -0.25) is 4.79 Å². The summed E-state index contributed by atoms with van der Waals surface area (Å²) in [6, 6.07) is 24.4. The third-order valence-corrected chi connectivity index (χ3v) is 6.27. The lowest BCUT2D eigenvalue weighted by atomic mass is 9.84. The molecule has 6 nitrogen and oxygen atoms in total. The van der Waals surface area contributed by atoms with Crippen molar-refractivity contribution in [2.75, 3.05) is 12.4 Å². The summed E-state index contributed by atoms with van der Waals surface area (Å²) in [6.45, 7) is 1.89. The largest absolute Gasteiger partial charge is 0.495 e. The number of carbonyl (C=O) groups excluding carboxylic acids is 2. The zero-order valence-corrected chi connectivity index (χ0v) is 20.9. The van der Waals surface area contributed by atoms with Crippen LogP contribution in [0.3, 0.4) is 0 Å². The minimum atomic E-state index is -0.358. The van der Waals surface area contributed by atoms with Crippen LogP contribution >= 0.6 is 0 Å². The van der Waals surface area contributed by atoms with Gasteiger partial charge in [-0.2, -0.15) is 5.26 Å². The van der Waals surface area contributed by atoms with E-state index in [2.05, 4.69) is 28.8 Å². The highest BCUT2D eigenvalue weighted by molar-refractivity contribution is 5.97. The van der Waals surface area contributed by atoms with Crippen LogP contribution in [0.2, 0.25) is 0 Å². The van der Waals surface area contributed by atoms with Crippen molar-refractivity contribution in [1.29, 1.82) is 5.26 Å². The molecule has 6 heteroatoms. The quantitative estimate of drug-likeness (QED) is 0.376. The molecule has 3 aromatic rings. The van der Waals surface area contributed by atoms with E-state index in [9.17, 15) is 9.59 Å². The number of amides is 2. The van der Waals surface area contributed by atoms with E-state index in [1.807, 2.05) is 42.5 Å². The zero-order chi connectivity index (χ0) is 25.8. The fraction of sp³-hybridized carbons (Fsp3) is 0.300. The number of hydrogen-bond donors (Lipinski definition) is 2. The van der Waals surface area contributed by atoms with E-state index >= 15 is 0 Å². The van der Waals surface area contributed by atoms with Crippen LogP contribution in [0.15, 0.2) is 72.8 Å². The molecule has 36 heavy (non-hydrogen) atoms. The number of urea groups is 1. The van der Waals surface area contributed by atoms with Crippen molar-refractivity contribution >= 4 is 17.5 Å². The number of nitriles is 1. The minimum absolute atomic E-state index is 0.0737. The predicted octanol–water partition coefficient (Wildman–Crippen LogP) is 6.83. The second kappa shape index (κ2) is 13.7. The fourth-order valence-corrected chi connectivity index (χ4v) is 4.24. The van der Waals surface area contributed by atoms with Gasteiger partial charge in [0.25, 0.3) is 0 Å². The SMILES string of the molecule is COc1ccc(C(C)=O)cc1NC(=O)NCc1ccccc1.N#Cc1ccc(C2CCCCC2)cc1. The molecule has 1 aliphatic rings. The Hall–Kier alpha value is -4.11. The van der Waals surface area contributed by atoms with Gasteiger partial charge < -0.3 is 15.4 Å². The number of methoxy groups -OCH3 is 1. The molecule has 186 valence electrons. The second-order valence-electron chi connectivity index (χ2n) is 8.83. The summed E-state index contributed by atoms with van der Waals surface area (Å²) in [7, 11) is 1.51. The molecule has 2 amide bonds. The first-order valence-electron chi connectivity index (χ1n) is 12.3. The third-order valence-electron chi connectivity index (χ3n) is 6.27. The second-order valence-corrected chi connectivity index (χ2v) is 8.83. The van der Waals surface area contributed by atoms with E-state index in [-0.39, 0.29) is 11.8 Å². The number of Topliss-reactive ketones (excluding diaryl/α,β-unsaturated/α-hetero) is 1. The Morgan fingerprint density at radius 2 is 1.67 bits per heavy atom. The van der Waals surface area contributed by atoms with Crippen molar-refractivity contribution in [2.24, 2.45) is 0 Å². The van der Waals surface area contributed by atoms with E-state index in [0.717, 1.165) is 17.0 Å². The molecule has 3 aromatic carbocycles. The van der Waals surface area contributed by atoms with Crippen LogP contribution in [0.1, 0.15) is 72.0 Å². The monoisotopic (exact) mass is 483 g/mol. The number of hydrogen-bond acceptors (Lipinski definition) is 4. The van der Waals surface area contributed by atoms with Gasteiger partial charge in [0.05, 0.1) is 24.4 Å². The van der Waals surface area contributed by atoms with Crippen LogP contribution in [-0.4, -0.2) is 18.9 Å². The van der Waals surface area contributed by atoms with E-state index in [4.69, 9.17) is 10.00 Å². The number of benzene rings is 3. The summed E-state index contributed by atoms with van der Waals surface area (Å²) in [5.41, 5.74) is 4.16. The molecule has 0 saturated heterocycles. The van der Waals surface area contributed by atoms with Gasteiger partial charge in [0.1, 0.15) is 5.75 Å². The highest BCUT2D eigenvalue weighted by atomic mass is 16.5. The highest BCUT2D eigenvalue weighted by Crippen LogP contribution is 2.32. The van der Waals surface area contributed by atoms with Gasteiger partial charge in [-0.1, -0.05) is 61.7 Å². The average molecular weight is 484 g/mol. The molecular formula is C30H33N3O3. The number of rotatable bonds is 6. The number of nitrogens with one attached hydrogen (secondary N) is 2. The Morgan fingerprint density at radius 3 is 2.28 bits per heavy atom. The predicted molar refractivity (Wildman–Crippen MR) is 142 cm³/mol. The van der Waals surface area contributed by atoms with Gasteiger partial charge >= 0.3 is 6.03 Å². The Morgan fingerprint density at radius 1 is 0.972 bits per heavy atom. The summed E-state index contributed by atoms with van der Waals surface area (Å²) in [4.78, 5) is 23.4. The molecule has 0 spiro atoms. The molecule has 0 atom stereocenters. The Kier molecular flexibility index (Phi) is 10.1. The third kappa shape index (κ3) is 7.99. The normalized spacial score (nSPS) is 12.9. The van der Waals surface area contributed by atoms with Gasteiger partial charge in [0.15, 0.2) is 5.78 Å². The van der Waals surface area contributed by atoms with Gasteiger partial charge in [0, 0.05) is 12.1 Å². The maximum Gasteiger partial charge on any atom is 0.319 e. The molecule has 0 heterocycles. The summed E-state index contributed by atoms with van der Waals surface area (Å²) in [6.07, 6.45) is 6.78. The van der Waals surface area contributed by atoms with E-state index in [0.29, 0.717) is 23.5 Å². The van der Waals surface area contributed by atoms with Crippen LogP contribution in [0.4, 0.5) is 10.5 Å². The van der Waals surface area contributed by atoms with Crippen LogP contribution < -0.4 is 15.4 Å². The zero-order valence-electron chi connectivity index (χ0n) is 20.9. The van der Waals surface area contributed by atoms with E-state index in [1.54, 1.807) is 18.2 Å². The minimum Gasteiger partial charge on any atom is -0.495 e. The lowest BCUT2D eigenvalue weighted by Gasteiger charge is -2.21. The van der Waals surface area contributed by atoms with Crippen LogP contribution in [-0.2, 0) is 6.54 Å². The van der Waals surface area contributed by atoms with Crippen molar-refractivity contribution in [3.8, 4) is 11.8 Å². The van der Waals surface area contributed by atoms with E-state index in [1.165, 1.54) is 51.7 Å². The number of anilines is 1. The average Bonchev–Trinajstić information content (AvgIpc) is 2.93. The molecule has 0 radical (unpaired) electrons. The Bertz CT molecular complexity index is 1180. The molecule has 0 aliphatic heterocycles. The van der Waals surface area contributed by atoms with Gasteiger partial charge in [-0.25, -0.2) is 4.79 Å². The molecule has 1 saturated carbocycles. The summed E-state index contributed by atoms with van der Waals surface area (Å²) in [5, 5.41) is 14.1. The molecule has 0 bridgehead atoms. The van der Waals surface area contributed by atoms with Crippen molar-refractivity contribution in [2.45, 2.75) is 51.5 Å². The lowest BCUT2D eigenvalue weighted by molar-refractivity contribution is 0.101. The Labute approximate surface area is 213 Å². The molecular weight excluding hydrogens is 450 g/mol. The van der Waals surface area contributed by atoms with Gasteiger partial charge in [-0.15, -0.1) is 0 Å². The molecule has 0 aromatic heterocycles. The molecule has 4 rings (SSSR count). The summed E-state index contributed by atoms with van der Waals surface area (Å²) in [5.74, 6) is 1.17. The number of carbonyl (C=O) groups is 2. The smallest absolute Gasteiger partial charge is 0.319 e. The van der Waals surface area contributed by atoms with Crippen LogP contribution in [0, 0.1) is 11.3 Å².